The van der Waals surface area contributed by atoms with Crippen LogP contribution in [0.25, 0.3) is 0 Å². The lowest BCUT2D eigenvalue weighted by Crippen LogP contribution is -2.25. The minimum absolute atomic E-state index is 0.378. The summed E-state index contributed by atoms with van der Waals surface area (Å²) in [6.45, 7) is 10.1. The molecule has 2 unspecified atom stereocenters. The third-order valence-corrected chi connectivity index (χ3v) is 5.57. The molecule has 0 spiro atoms. The van der Waals surface area contributed by atoms with Crippen LogP contribution in [0.4, 0.5) is 0 Å². The molecular weight excluding hydrogens is 254 g/mol. The maximum atomic E-state index is 4.52. The van der Waals surface area contributed by atoms with Crippen LogP contribution >= 0.6 is 11.3 Å². The molecule has 1 aromatic heterocycles. The fourth-order valence-electron chi connectivity index (χ4n) is 3.13. The van der Waals surface area contributed by atoms with E-state index in [1.54, 1.807) is 0 Å². The zero-order valence-electron chi connectivity index (χ0n) is 12.7. The second-order valence-corrected chi connectivity index (χ2v) is 7.32. The summed E-state index contributed by atoms with van der Waals surface area (Å²) >= 11 is 1.83. The molecule has 0 aliphatic heterocycles. The Hall–Kier alpha value is -0.480. The maximum Gasteiger partial charge on any atom is 0.134 e. The molecule has 1 aromatic rings. The van der Waals surface area contributed by atoms with Crippen LogP contribution in [0.15, 0.2) is 0 Å². The van der Waals surface area contributed by atoms with Gasteiger partial charge >= 0.3 is 0 Å². The monoisotopic (exact) mass is 281 g/mol. The van der Waals surface area contributed by atoms with E-state index in [-0.39, 0.29) is 0 Å². The molecule has 2 atom stereocenters. The molecule has 0 aromatic carbocycles. The first-order valence-electron chi connectivity index (χ1n) is 7.65. The van der Waals surface area contributed by atoms with Crippen LogP contribution in [0, 0.1) is 5.41 Å². The van der Waals surface area contributed by atoms with Gasteiger partial charge in [0, 0.05) is 5.92 Å². The van der Waals surface area contributed by atoms with Crippen LogP contribution < -0.4 is 5.32 Å². The molecule has 0 amide bonds. The molecule has 4 heteroatoms. The Bertz CT molecular complexity index is 400. The number of rotatable bonds is 5. The number of hydrogen-bond acceptors (Lipinski definition) is 4. The van der Waals surface area contributed by atoms with E-state index in [0.29, 0.717) is 17.4 Å². The van der Waals surface area contributed by atoms with E-state index in [2.05, 4.69) is 43.2 Å². The van der Waals surface area contributed by atoms with Gasteiger partial charge in [0.25, 0.3) is 0 Å². The first kappa shape index (κ1) is 14.9. The van der Waals surface area contributed by atoms with Gasteiger partial charge in [-0.05, 0) is 31.2 Å². The van der Waals surface area contributed by atoms with Crippen LogP contribution in [0.1, 0.15) is 81.8 Å². The van der Waals surface area contributed by atoms with Crippen molar-refractivity contribution < 1.29 is 0 Å². The molecule has 108 valence electrons. The summed E-state index contributed by atoms with van der Waals surface area (Å²) in [7, 11) is 0. The van der Waals surface area contributed by atoms with Crippen LogP contribution in [0.3, 0.4) is 0 Å². The van der Waals surface area contributed by atoms with Gasteiger partial charge in [-0.2, -0.15) is 0 Å². The van der Waals surface area contributed by atoms with E-state index in [1.165, 1.54) is 35.7 Å². The predicted octanol–water partition coefficient (Wildman–Crippen LogP) is 4.28. The normalized spacial score (nSPS) is 24.3. The predicted molar refractivity (Wildman–Crippen MR) is 81.6 cm³/mol. The molecule has 2 rings (SSSR count). The van der Waals surface area contributed by atoms with Gasteiger partial charge in [-0.3, -0.25) is 0 Å². The highest BCUT2D eigenvalue weighted by molar-refractivity contribution is 7.11. The van der Waals surface area contributed by atoms with Crippen molar-refractivity contribution in [1.82, 2.24) is 15.5 Å². The first-order chi connectivity index (χ1) is 9.08. The number of hydrogen-bond donors (Lipinski definition) is 1. The summed E-state index contributed by atoms with van der Waals surface area (Å²) in [5.41, 5.74) is 0.384. The van der Waals surface area contributed by atoms with E-state index < -0.39 is 0 Å². The molecule has 0 bridgehead atoms. The van der Waals surface area contributed by atoms with E-state index in [4.69, 9.17) is 0 Å². The standard InChI is InChI=1S/C15H27N3S/c1-5-12(16-6-2)14-18-17-13(19-14)11-9-7-8-10-15(11,3)4/h11-12,16H,5-10H2,1-4H3. The minimum atomic E-state index is 0.378. The largest absolute Gasteiger partial charge is 0.308 e. The van der Waals surface area contributed by atoms with E-state index >= 15 is 0 Å². The molecule has 1 fully saturated rings. The SMILES string of the molecule is CCNC(CC)c1nnc(C2CCCCC2(C)C)s1. The molecular formula is C15H27N3S. The average Bonchev–Trinajstić information content (AvgIpc) is 2.84. The van der Waals surface area contributed by atoms with Crippen LogP contribution in [-0.2, 0) is 0 Å². The van der Waals surface area contributed by atoms with Crippen molar-refractivity contribution in [2.24, 2.45) is 5.41 Å². The zero-order chi connectivity index (χ0) is 13.9. The number of nitrogens with zero attached hydrogens (tertiary/aromatic N) is 2. The first-order valence-corrected chi connectivity index (χ1v) is 8.46. The Kier molecular flexibility index (Phi) is 4.96. The lowest BCUT2D eigenvalue weighted by molar-refractivity contribution is 0.198. The van der Waals surface area contributed by atoms with Gasteiger partial charge in [-0.15, -0.1) is 10.2 Å². The molecule has 1 saturated carbocycles. The maximum absolute atomic E-state index is 4.52. The minimum Gasteiger partial charge on any atom is -0.308 e. The fourth-order valence-corrected chi connectivity index (χ4v) is 4.48. The molecule has 1 N–H and O–H groups in total. The van der Waals surface area contributed by atoms with Crippen molar-refractivity contribution in [3.63, 3.8) is 0 Å². The van der Waals surface area contributed by atoms with Gasteiger partial charge in [0.2, 0.25) is 0 Å². The number of nitrogens with one attached hydrogen (secondary N) is 1. The summed E-state index contributed by atoms with van der Waals surface area (Å²) in [6.07, 6.45) is 6.38. The molecule has 0 saturated heterocycles. The van der Waals surface area contributed by atoms with Gasteiger partial charge < -0.3 is 5.32 Å². The van der Waals surface area contributed by atoms with Crippen molar-refractivity contribution in [2.45, 2.75) is 71.8 Å². The Labute approximate surface area is 121 Å². The highest BCUT2D eigenvalue weighted by Gasteiger charge is 2.35. The van der Waals surface area contributed by atoms with Crippen molar-refractivity contribution in [3.05, 3.63) is 10.0 Å². The topological polar surface area (TPSA) is 37.8 Å². The third-order valence-electron chi connectivity index (χ3n) is 4.42. The summed E-state index contributed by atoms with van der Waals surface area (Å²) < 4.78 is 0. The molecule has 19 heavy (non-hydrogen) atoms. The van der Waals surface area contributed by atoms with E-state index in [0.717, 1.165) is 13.0 Å². The van der Waals surface area contributed by atoms with Crippen LogP contribution in [0.2, 0.25) is 0 Å². The fraction of sp³-hybridized carbons (Fsp3) is 0.867. The van der Waals surface area contributed by atoms with E-state index in [9.17, 15) is 0 Å². The summed E-state index contributed by atoms with van der Waals surface area (Å²) in [5.74, 6) is 0.603. The highest BCUT2D eigenvalue weighted by atomic mass is 32.1. The van der Waals surface area contributed by atoms with Crippen LogP contribution in [0.5, 0.6) is 0 Å². The molecule has 0 radical (unpaired) electrons. The van der Waals surface area contributed by atoms with Crippen molar-refractivity contribution in [3.8, 4) is 0 Å². The van der Waals surface area contributed by atoms with Crippen molar-refractivity contribution in [1.29, 1.82) is 0 Å². The van der Waals surface area contributed by atoms with E-state index in [1.807, 2.05) is 11.3 Å². The second-order valence-electron chi connectivity index (χ2n) is 6.28. The lowest BCUT2D eigenvalue weighted by atomic mass is 9.69. The third kappa shape index (κ3) is 3.34. The van der Waals surface area contributed by atoms with Crippen LogP contribution in [-0.4, -0.2) is 16.7 Å². The quantitative estimate of drug-likeness (QED) is 0.875. The Balaban J connectivity index is 2.15. The summed E-state index contributed by atoms with van der Waals surface area (Å²) in [5, 5.41) is 14.9. The lowest BCUT2D eigenvalue weighted by Gasteiger charge is -2.37. The summed E-state index contributed by atoms with van der Waals surface area (Å²) in [6, 6.07) is 0.378. The van der Waals surface area contributed by atoms with Gasteiger partial charge in [0.15, 0.2) is 0 Å². The smallest absolute Gasteiger partial charge is 0.134 e. The molecule has 1 heterocycles. The average molecular weight is 281 g/mol. The van der Waals surface area contributed by atoms with Gasteiger partial charge in [0.05, 0.1) is 6.04 Å². The zero-order valence-corrected chi connectivity index (χ0v) is 13.5. The molecule has 1 aliphatic carbocycles. The Morgan fingerprint density at radius 3 is 2.74 bits per heavy atom. The molecule has 3 nitrogen and oxygen atoms in total. The van der Waals surface area contributed by atoms with Gasteiger partial charge in [0.1, 0.15) is 10.0 Å². The summed E-state index contributed by atoms with van der Waals surface area (Å²) in [4.78, 5) is 0. The van der Waals surface area contributed by atoms with Crippen molar-refractivity contribution >= 4 is 11.3 Å². The highest BCUT2D eigenvalue weighted by Crippen LogP contribution is 2.47. The van der Waals surface area contributed by atoms with Crippen molar-refractivity contribution in [2.75, 3.05) is 6.54 Å². The second kappa shape index (κ2) is 6.31. The Morgan fingerprint density at radius 1 is 1.32 bits per heavy atom. The molecule has 1 aliphatic rings. The van der Waals surface area contributed by atoms with Gasteiger partial charge in [-0.25, -0.2) is 0 Å². The Morgan fingerprint density at radius 2 is 2.11 bits per heavy atom. The number of aromatic nitrogens is 2. The van der Waals surface area contributed by atoms with Gasteiger partial charge in [-0.1, -0.05) is 51.9 Å².